The van der Waals surface area contributed by atoms with Crippen molar-refractivity contribution in [3.05, 3.63) is 77.4 Å². The second kappa shape index (κ2) is 7.98. The van der Waals surface area contributed by atoms with Gasteiger partial charge in [-0.05, 0) is 41.1 Å². The van der Waals surface area contributed by atoms with Crippen LogP contribution < -0.4 is 14.2 Å². The second-order valence-corrected chi connectivity index (χ2v) is 8.68. The molecular weight excluding hydrogens is 418 g/mol. The Kier molecular flexibility index (Phi) is 5.34. The molecule has 0 atom stereocenters. The van der Waals surface area contributed by atoms with Gasteiger partial charge in [0, 0.05) is 12.1 Å². The molecule has 158 valence electrons. The van der Waals surface area contributed by atoms with Gasteiger partial charge in [0.25, 0.3) is 0 Å². The first kappa shape index (κ1) is 20.8. The van der Waals surface area contributed by atoms with Crippen molar-refractivity contribution in [3.63, 3.8) is 0 Å². The molecular formula is C23H19NO6S. The number of fused-ring (bicyclic) bond motifs is 2. The fourth-order valence-corrected chi connectivity index (χ4v) is 4.59. The summed E-state index contributed by atoms with van der Waals surface area (Å²) in [7, 11) is -1.12. The molecule has 0 amide bonds. The number of ketones is 2. The minimum absolute atomic E-state index is 0.0217. The number of methoxy groups -OCH3 is 2. The van der Waals surface area contributed by atoms with Crippen LogP contribution in [0.25, 0.3) is 10.8 Å². The average Bonchev–Trinajstić information content (AvgIpc) is 2.79. The van der Waals surface area contributed by atoms with Crippen molar-refractivity contribution in [1.82, 2.24) is 4.72 Å². The zero-order chi connectivity index (χ0) is 22.2. The van der Waals surface area contributed by atoms with Crippen LogP contribution in [0.3, 0.4) is 0 Å². The normalized spacial score (nSPS) is 13.7. The van der Waals surface area contributed by atoms with Gasteiger partial charge in [0.05, 0.1) is 30.2 Å². The molecule has 8 heteroatoms. The number of benzene rings is 3. The molecule has 7 nitrogen and oxygen atoms in total. The van der Waals surface area contributed by atoms with Gasteiger partial charge in [0.15, 0.2) is 11.6 Å². The summed E-state index contributed by atoms with van der Waals surface area (Å²) >= 11 is 0. The predicted octanol–water partition coefficient (Wildman–Crippen LogP) is 3.14. The molecule has 0 radical (unpaired) electrons. The Morgan fingerprint density at radius 1 is 0.839 bits per heavy atom. The van der Waals surface area contributed by atoms with E-state index in [0.29, 0.717) is 0 Å². The Morgan fingerprint density at radius 2 is 1.48 bits per heavy atom. The van der Waals surface area contributed by atoms with Crippen molar-refractivity contribution in [1.29, 1.82) is 0 Å². The van der Waals surface area contributed by atoms with Gasteiger partial charge in [-0.3, -0.25) is 9.59 Å². The van der Waals surface area contributed by atoms with Crippen LogP contribution in [0.1, 0.15) is 20.7 Å². The van der Waals surface area contributed by atoms with Gasteiger partial charge >= 0.3 is 0 Å². The van der Waals surface area contributed by atoms with Gasteiger partial charge in [0.1, 0.15) is 11.5 Å². The van der Waals surface area contributed by atoms with Gasteiger partial charge in [0.2, 0.25) is 10.0 Å². The molecule has 0 aromatic heterocycles. The summed E-state index contributed by atoms with van der Waals surface area (Å²) in [5, 5.41) is 1.69. The zero-order valence-corrected chi connectivity index (χ0v) is 17.7. The van der Waals surface area contributed by atoms with Crippen molar-refractivity contribution in [2.45, 2.75) is 4.90 Å². The molecule has 4 rings (SSSR count). The van der Waals surface area contributed by atoms with Crippen LogP contribution in [0.4, 0.5) is 0 Å². The summed E-state index contributed by atoms with van der Waals surface area (Å²) in [5.41, 5.74) is 0.190. The largest absolute Gasteiger partial charge is 0.496 e. The Balaban J connectivity index is 1.63. The van der Waals surface area contributed by atoms with Crippen LogP contribution in [0.5, 0.6) is 11.5 Å². The van der Waals surface area contributed by atoms with Gasteiger partial charge < -0.3 is 9.47 Å². The highest BCUT2D eigenvalue weighted by Gasteiger charge is 2.32. The van der Waals surface area contributed by atoms with Gasteiger partial charge in [-0.25, -0.2) is 13.1 Å². The van der Waals surface area contributed by atoms with E-state index in [1.54, 1.807) is 18.2 Å². The topological polar surface area (TPSA) is 98.8 Å². The summed E-state index contributed by atoms with van der Waals surface area (Å²) in [4.78, 5) is 25.8. The fourth-order valence-electron chi connectivity index (χ4n) is 3.55. The molecule has 0 unspecified atom stereocenters. The number of carbonyl (C=O) groups is 2. The number of nitrogens with one attached hydrogen (secondary N) is 1. The number of rotatable bonds is 6. The van der Waals surface area contributed by atoms with E-state index in [9.17, 15) is 18.0 Å². The lowest BCUT2D eigenvalue weighted by Gasteiger charge is -2.20. The van der Waals surface area contributed by atoms with Crippen LogP contribution in [0.2, 0.25) is 0 Å². The first-order valence-electron chi connectivity index (χ1n) is 9.39. The van der Waals surface area contributed by atoms with E-state index in [0.717, 1.165) is 16.8 Å². The van der Waals surface area contributed by atoms with Crippen LogP contribution in [-0.2, 0) is 10.0 Å². The summed E-state index contributed by atoms with van der Waals surface area (Å²) in [5.74, 6) is -0.477. The Morgan fingerprint density at radius 3 is 2.16 bits per heavy atom. The highest BCUT2D eigenvalue weighted by molar-refractivity contribution is 7.89. The number of carbonyl (C=O) groups excluding carboxylic acids is 2. The quantitative estimate of drug-likeness (QED) is 0.636. The maximum Gasteiger partial charge on any atom is 0.240 e. The molecule has 0 aliphatic heterocycles. The number of Topliss-reactive ketones (excluding diaryl/α,β-unsaturated/α-hetero) is 1. The van der Waals surface area contributed by atoms with E-state index < -0.39 is 21.6 Å². The third kappa shape index (κ3) is 3.71. The molecule has 0 fully saturated rings. The molecule has 0 bridgehead atoms. The maximum atomic E-state index is 13.0. The molecule has 3 aromatic carbocycles. The standard InChI is InChI=1S/C23H19NO6S/c1-29-19-9-10-20(30-2)22-21(19)18(25)12-16(23(22)26)13-24-31(27,28)17-8-7-14-5-3-4-6-15(14)11-17/h3-12,24H,13H2,1-2H3. The van der Waals surface area contributed by atoms with Crippen LogP contribution in [-0.4, -0.2) is 40.7 Å². The maximum absolute atomic E-state index is 13.0. The Bertz CT molecular complexity index is 1360. The molecule has 0 saturated heterocycles. The van der Waals surface area contributed by atoms with Crippen LogP contribution >= 0.6 is 0 Å². The molecule has 1 aliphatic rings. The SMILES string of the molecule is COc1ccc(OC)c2c1C(=O)C=C(CNS(=O)(=O)c1ccc3ccccc3c1)C2=O. The molecule has 0 spiro atoms. The molecule has 3 aromatic rings. The lowest BCUT2D eigenvalue weighted by atomic mass is 9.88. The van der Waals surface area contributed by atoms with E-state index in [-0.39, 0.29) is 39.6 Å². The number of hydrogen-bond donors (Lipinski definition) is 1. The van der Waals surface area contributed by atoms with E-state index >= 15 is 0 Å². The smallest absolute Gasteiger partial charge is 0.240 e. The van der Waals surface area contributed by atoms with Gasteiger partial charge in [-0.15, -0.1) is 0 Å². The minimum atomic E-state index is -3.91. The summed E-state index contributed by atoms with van der Waals surface area (Å²) in [6.07, 6.45) is 1.13. The highest BCUT2D eigenvalue weighted by Crippen LogP contribution is 2.35. The first-order valence-corrected chi connectivity index (χ1v) is 10.9. The van der Waals surface area contributed by atoms with Crippen molar-refractivity contribution in [3.8, 4) is 11.5 Å². The molecule has 1 aliphatic carbocycles. The van der Waals surface area contributed by atoms with Crippen molar-refractivity contribution in [2.75, 3.05) is 20.8 Å². The van der Waals surface area contributed by atoms with Crippen LogP contribution in [0, 0.1) is 0 Å². The van der Waals surface area contributed by atoms with Crippen LogP contribution in [0.15, 0.2) is 71.1 Å². The minimum Gasteiger partial charge on any atom is -0.496 e. The zero-order valence-electron chi connectivity index (χ0n) is 16.8. The third-order valence-corrected chi connectivity index (χ3v) is 6.52. The first-order chi connectivity index (χ1) is 14.9. The van der Waals surface area contributed by atoms with Crippen molar-refractivity contribution >= 4 is 32.4 Å². The van der Waals surface area contributed by atoms with E-state index in [4.69, 9.17) is 9.47 Å². The summed E-state index contributed by atoms with van der Waals surface area (Å²) in [6, 6.07) is 15.2. The summed E-state index contributed by atoms with van der Waals surface area (Å²) < 4.78 is 38.5. The molecule has 31 heavy (non-hydrogen) atoms. The third-order valence-electron chi connectivity index (χ3n) is 5.12. The lowest BCUT2D eigenvalue weighted by molar-refractivity contribution is 0.0978. The van der Waals surface area contributed by atoms with Gasteiger partial charge in [-0.1, -0.05) is 30.3 Å². The van der Waals surface area contributed by atoms with E-state index in [1.165, 1.54) is 26.4 Å². The van der Waals surface area contributed by atoms with Crippen molar-refractivity contribution in [2.24, 2.45) is 0 Å². The highest BCUT2D eigenvalue weighted by atomic mass is 32.2. The van der Waals surface area contributed by atoms with E-state index in [2.05, 4.69) is 4.72 Å². The predicted molar refractivity (Wildman–Crippen MR) is 115 cm³/mol. The summed E-state index contributed by atoms with van der Waals surface area (Å²) in [6.45, 7) is -0.334. The van der Waals surface area contributed by atoms with Crippen molar-refractivity contribution < 1.29 is 27.5 Å². The number of allylic oxidation sites excluding steroid dienone is 1. The van der Waals surface area contributed by atoms with Gasteiger partial charge in [-0.2, -0.15) is 0 Å². The molecule has 0 heterocycles. The Labute approximate surface area is 179 Å². The molecule has 1 N–H and O–H groups in total. The average molecular weight is 437 g/mol. The number of sulfonamides is 1. The Hall–Kier alpha value is -3.49. The van der Waals surface area contributed by atoms with E-state index in [1.807, 2.05) is 24.3 Å². The monoisotopic (exact) mass is 437 g/mol. The molecule has 0 saturated carbocycles. The fraction of sp³-hybridized carbons (Fsp3) is 0.130. The number of hydrogen-bond acceptors (Lipinski definition) is 6. The second-order valence-electron chi connectivity index (χ2n) is 6.92. The lowest BCUT2D eigenvalue weighted by Crippen LogP contribution is -2.30. The number of ether oxygens (including phenoxy) is 2.